The summed E-state index contributed by atoms with van der Waals surface area (Å²) >= 11 is 0. The third-order valence-electron chi connectivity index (χ3n) is 3.87. The molecule has 1 aliphatic rings. The van der Waals surface area contributed by atoms with Gasteiger partial charge in [0.2, 0.25) is 0 Å². The Kier molecular flexibility index (Phi) is 5.60. The summed E-state index contributed by atoms with van der Waals surface area (Å²) in [6.07, 6.45) is 0.0443. The zero-order valence-corrected chi connectivity index (χ0v) is 14.5. The molecule has 1 saturated heterocycles. The molecule has 0 saturated carbocycles. The van der Waals surface area contributed by atoms with Gasteiger partial charge in [-0.3, -0.25) is 0 Å². The summed E-state index contributed by atoms with van der Waals surface area (Å²) < 4.78 is 22.8. The summed E-state index contributed by atoms with van der Waals surface area (Å²) in [4.78, 5) is 0. The van der Waals surface area contributed by atoms with Crippen molar-refractivity contribution in [2.24, 2.45) is 0 Å². The van der Waals surface area contributed by atoms with Crippen molar-refractivity contribution in [1.29, 1.82) is 0 Å². The van der Waals surface area contributed by atoms with E-state index in [9.17, 15) is 0 Å². The molecule has 1 heterocycles. The fourth-order valence-corrected chi connectivity index (χ4v) is 2.66. The van der Waals surface area contributed by atoms with E-state index in [1.807, 2.05) is 13.8 Å². The zero-order chi connectivity index (χ0) is 14.7. The minimum Gasteiger partial charge on any atom is -0.414 e. The van der Waals surface area contributed by atoms with Crippen LogP contribution in [0.1, 0.15) is 34.6 Å². The van der Waals surface area contributed by atoms with Crippen LogP contribution in [0.2, 0.25) is 18.1 Å². The van der Waals surface area contributed by atoms with Crippen LogP contribution in [0.4, 0.5) is 0 Å². The molecule has 0 aromatic rings. The third kappa shape index (κ3) is 5.51. The SMILES string of the molecule is CC1(C)OCC(COCCO[Si](C)(C)C(C)(C)C)O1. The Hall–Kier alpha value is 0.0569. The first-order chi connectivity index (χ1) is 8.54. The van der Waals surface area contributed by atoms with Crippen LogP contribution in [0.25, 0.3) is 0 Å². The highest BCUT2D eigenvalue weighted by atomic mass is 28.4. The normalized spacial score (nSPS) is 23.8. The van der Waals surface area contributed by atoms with Crippen molar-refractivity contribution < 1.29 is 18.6 Å². The summed E-state index contributed by atoms with van der Waals surface area (Å²) in [5.74, 6) is -0.467. The molecule has 0 aliphatic carbocycles. The Balaban J connectivity index is 2.12. The Morgan fingerprint density at radius 3 is 2.32 bits per heavy atom. The van der Waals surface area contributed by atoms with Crippen molar-refractivity contribution in [3.05, 3.63) is 0 Å². The Labute approximate surface area is 118 Å². The van der Waals surface area contributed by atoms with Gasteiger partial charge in [-0.05, 0) is 32.0 Å². The number of hydrogen-bond donors (Lipinski definition) is 0. The van der Waals surface area contributed by atoms with E-state index in [1.165, 1.54) is 0 Å². The maximum atomic E-state index is 6.04. The summed E-state index contributed by atoms with van der Waals surface area (Å²) in [5.41, 5.74) is 0. The van der Waals surface area contributed by atoms with E-state index in [4.69, 9.17) is 18.6 Å². The van der Waals surface area contributed by atoms with Crippen molar-refractivity contribution in [1.82, 2.24) is 0 Å². The summed E-state index contributed by atoms with van der Waals surface area (Å²) in [6, 6.07) is 0. The summed E-state index contributed by atoms with van der Waals surface area (Å²) in [7, 11) is -1.65. The molecule has 0 N–H and O–H groups in total. The quantitative estimate of drug-likeness (QED) is 0.556. The van der Waals surface area contributed by atoms with Crippen molar-refractivity contribution in [2.45, 2.75) is 64.6 Å². The Bertz CT molecular complexity index is 284. The summed E-state index contributed by atoms with van der Waals surface area (Å²) in [6.45, 7) is 17.5. The van der Waals surface area contributed by atoms with E-state index in [0.717, 1.165) is 0 Å². The van der Waals surface area contributed by atoms with Crippen LogP contribution in [-0.2, 0) is 18.6 Å². The van der Waals surface area contributed by atoms with Gasteiger partial charge in [0.25, 0.3) is 0 Å². The molecule has 19 heavy (non-hydrogen) atoms. The molecule has 0 aromatic carbocycles. The monoisotopic (exact) mass is 290 g/mol. The second kappa shape index (κ2) is 6.22. The van der Waals surface area contributed by atoms with E-state index < -0.39 is 14.1 Å². The van der Waals surface area contributed by atoms with Gasteiger partial charge in [-0.2, -0.15) is 0 Å². The van der Waals surface area contributed by atoms with Crippen LogP contribution >= 0.6 is 0 Å². The zero-order valence-electron chi connectivity index (χ0n) is 13.5. The molecule has 0 amide bonds. The average molecular weight is 290 g/mol. The first kappa shape index (κ1) is 17.1. The maximum Gasteiger partial charge on any atom is 0.192 e. The molecule has 0 radical (unpaired) electrons. The lowest BCUT2D eigenvalue weighted by molar-refractivity contribution is -0.145. The number of rotatable bonds is 6. The molecule has 1 rings (SSSR count). The van der Waals surface area contributed by atoms with Crippen molar-refractivity contribution >= 4 is 8.32 Å². The van der Waals surface area contributed by atoms with E-state index in [1.54, 1.807) is 0 Å². The Morgan fingerprint density at radius 2 is 1.84 bits per heavy atom. The van der Waals surface area contributed by atoms with Gasteiger partial charge in [0.15, 0.2) is 14.1 Å². The van der Waals surface area contributed by atoms with Crippen LogP contribution in [0.3, 0.4) is 0 Å². The third-order valence-corrected chi connectivity index (χ3v) is 8.41. The molecule has 0 spiro atoms. The van der Waals surface area contributed by atoms with Gasteiger partial charge in [0, 0.05) is 0 Å². The van der Waals surface area contributed by atoms with Gasteiger partial charge in [0.1, 0.15) is 6.10 Å². The van der Waals surface area contributed by atoms with Crippen LogP contribution in [0, 0.1) is 0 Å². The topological polar surface area (TPSA) is 36.9 Å². The van der Waals surface area contributed by atoms with Gasteiger partial charge in [0.05, 0.1) is 26.4 Å². The second-order valence-corrected chi connectivity index (χ2v) is 11.9. The van der Waals surface area contributed by atoms with Gasteiger partial charge >= 0.3 is 0 Å². The standard InChI is InChI=1S/C14H30O4Si/c1-13(2,3)19(6,7)17-9-8-15-10-12-11-16-14(4,5)18-12/h12H,8-11H2,1-7H3. The van der Waals surface area contributed by atoms with Gasteiger partial charge in [-0.15, -0.1) is 0 Å². The van der Waals surface area contributed by atoms with Gasteiger partial charge < -0.3 is 18.6 Å². The molecule has 1 atom stereocenters. The molecule has 1 aliphatic heterocycles. The summed E-state index contributed by atoms with van der Waals surface area (Å²) in [5, 5.41) is 0.249. The van der Waals surface area contributed by atoms with Gasteiger partial charge in [-0.1, -0.05) is 20.8 Å². The second-order valence-electron chi connectivity index (χ2n) is 7.13. The highest BCUT2D eigenvalue weighted by molar-refractivity contribution is 6.74. The van der Waals surface area contributed by atoms with E-state index >= 15 is 0 Å². The molecule has 0 aromatic heterocycles. The maximum absolute atomic E-state index is 6.04. The predicted octanol–water partition coefficient (Wildman–Crippen LogP) is 3.18. The van der Waals surface area contributed by atoms with Crippen LogP contribution in [0.15, 0.2) is 0 Å². The lowest BCUT2D eigenvalue weighted by atomic mass is 10.2. The van der Waals surface area contributed by atoms with Crippen molar-refractivity contribution in [3.63, 3.8) is 0 Å². The lowest BCUT2D eigenvalue weighted by Crippen LogP contribution is -2.41. The highest BCUT2D eigenvalue weighted by Gasteiger charge is 2.37. The van der Waals surface area contributed by atoms with Crippen LogP contribution < -0.4 is 0 Å². The molecule has 5 heteroatoms. The molecule has 1 unspecified atom stereocenters. The molecular formula is C14H30O4Si. The van der Waals surface area contributed by atoms with Crippen LogP contribution in [0.5, 0.6) is 0 Å². The van der Waals surface area contributed by atoms with Crippen molar-refractivity contribution in [2.75, 3.05) is 26.4 Å². The fraction of sp³-hybridized carbons (Fsp3) is 1.00. The van der Waals surface area contributed by atoms with E-state index in [-0.39, 0.29) is 11.1 Å². The van der Waals surface area contributed by atoms with E-state index in [2.05, 4.69) is 33.9 Å². The molecule has 0 bridgehead atoms. The first-order valence-corrected chi connectivity index (χ1v) is 9.98. The molecule has 114 valence electrons. The van der Waals surface area contributed by atoms with Gasteiger partial charge in [-0.25, -0.2) is 0 Å². The first-order valence-electron chi connectivity index (χ1n) is 7.07. The Morgan fingerprint density at radius 1 is 1.21 bits per heavy atom. The van der Waals surface area contributed by atoms with Crippen LogP contribution in [-0.4, -0.2) is 46.6 Å². The molecule has 1 fully saturated rings. The predicted molar refractivity (Wildman–Crippen MR) is 78.9 cm³/mol. The highest BCUT2D eigenvalue weighted by Crippen LogP contribution is 2.36. The smallest absolute Gasteiger partial charge is 0.192 e. The minimum atomic E-state index is -1.65. The molecular weight excluding hydrogens is 260 g/mol. The van der Waals surface area contributed by atoms with E-state index in [0.29, 0.717) is 26.4 Å². The average Bonchev–Trinajstić information content (AvgIpc) is 2.56. The minimum absolute atomic E-state index is 0.0443. The fourth-order valence-electron chi connectivity index (χ4n) is 1.63. The number of hydrogen-bond acceptors (Lipinski definition) is 4. The largest absolute Gasteiger partial charge is 0.414 e. The number of ether oxygens (including phenoxy) is 3. The molecule has 4 nitrogen and oxygen atoms in total. The lowest BCUT2D eigenvalue weighted by Gasteiger charge is -2.36. The van der Waals surface area contributed by atoms with Crippen molar-refractivity contribution in [3.8, 4) is 0 Å².